The van der Waals surface area contributed by atoms with Crippen molar-refractivity contribution in [2.24, 2.45) is 5.92 Å². The van der Waals surface area contributed by atoms with Gasteiger partial charge in [-0.05, 0) is 31.6 Å². The second-order valence-corrected chi connectivity index (χ2v) is 8.26. The Hall–Kier alpha value is -1.89. The lowest BCUT2D eigenvalue weighted by molar-refractivity contribution is -0.133. The summed E-state index contributed by atoms with van der Waals surface area (Å²) in [7, 11) is 0. The molecule has 4 rings (SSSR count). The maximum Gasteiger partial charge on any atom is 0.236 e. The smallest absolute Gasteiger partial charge is 0.236 e. The van der Waals surface area contributed by atoms with Crippen molar-refractivity contribution in [3.8, 4) is 0 Å². The van der Waals surface area contributed by atoms with E-state index in [2.05, 4.69) is 42.6 Å². The number of rotatable bonds is 4. The van der Waals surface area contributed by atoms with Crippen molar-refractivity contribution >= 4 is 17.5 Å². The van der Waals surface area contributed by atoms with E-state index in [9.17, 15) is 4.79 Å². The van der Waals surface area contributed by atoms with Gasteiger partial charge in [-0.3, -0.25) is 9.69 Å². The predicted octanol–water partition coefficient (Wildman–Crippen LogP) is 1.46. The van der Waals surface area contributed by atoms with Crippen LogP contribution in [0.3, 0.4) is 0 Å². The lowest BCUT2D eigenvalue weighted by atomic mass is 9.99. The van der Waals surface area contributed by atoms with Gasteiger partial charge < -0.3 is 14.7 Å². The zero-order valence-electron chi connectivity index (χ0n) is 16.5. The number of carbonyl (C=O) groups is 1. The molecule has 0 saturated carbocycles. The van der Waals surface area contributed by atoms with Gasteiger partial charge in [-0.15, -0.1) is 0 Å². The summed E-state index contributed by atoms with van der Waals surface area (Å²) in [6.45, 7) is 10.6. The maximum atomic E-state index is 12.6. The molecule has 1 amide bonds. The van der Waals surface area contributed by atoms with E-state index in [0.717, 1.165) is 82.8 Å². The Labute approximate surface area is 162 Å². The van der Waals surface area contributed by atoms with Gasteiger partial charge in [-0.25, -0.2) is 9.97 Å². The number of anilines is 2. The molecule has 7 nitrogen and oxygen atoms in total. The highest BCUT2D eigenvalue weighted by atomic mass is 16.2. The summed E-state index contributed by atoms with van der Waals surface area (Å²) in [5, 5.41) is 0. The van der Waals surface area contributed by atoms with Crippen LogP contribution < -0.4 is 9.80 Å². The van der Waals surface area contributed by atoms with Crippen LogP contribution in [0.1, 0.15) is 32.6 Å². The molecule has 148 valence electrons. The van der Waals surface area contributed by atoms with Gasteiger partial charge in [0.2, 0.25) is 5.91 Å². The van der Waals surface area contributed by atoms with Crippen molar-refractivity contribution in [2.45, 2.75) is 32.6 Å². The number of nitrogens with zero attached hydrogens (tertiary/aromatic N) is 6. The van der Waals surface area contributed by atoms with Crippen molar-refractivity contribution in [3.05, 3.63) is 12.4 Å². The molecule has 0 radical (unpaired) electrons. The minimum absolute atomic E-state index is 0.300. The second kappa shape index (κ2) is 8.42. The van der Waals surface area contributed by atoms with Crippen LogP contribution in [-0.2, 0) is 4.79 Å². The number of likely N-dealkylation sites (tertiary alicyclic amines) is 1. The maximum absolute atomic E-state index is 12.6. The molecule has 4 heterocycles. The minimum Gasteiger partial charge on any atom is -0.356 e. The minimum atomic E-state index is 0.300. The first-order valence-electron chi connectivity index (χ1n) is 10.5. The van der Waals surface area contributed by atoms with Crippen molar-refractivity contribution in [3.63, 3.8) is 0 Å². The average molecular weight is 373 g/mol. The monoisotopic (exact) mass is 372 g/mol. The van der Waals surface area contributed by atoms with E-state index in [-0.39, 0.29) is 0 Å². The van der Waals surface area contributed by atoms with Gasteiger partial charge in [0, 0.05) is 58.4 Å². The Morgan fingerprint density at radius 1 is 0.926 bits per heavy atom. The molecule has 3 aliphatic rings. The number of amides is 1. The average Bonchev–Trinajstić information content (AvgIpc) is 3.24. The molecule has 0 atom stereocenters. The largest absolute Gasteiger partial charge is 0.356 e. The Bertz CT molecular complexity index is 631. The molecule has 0 N–H and O–H groups in total. The zero-order valence-corrected chi connectivity index (χ0v) is 16.5. The van der Waals surface area contributed by atoms with E-state index < -0.39 is 0 Å². The summed E-state index contributed by atoms with van der Waals surface area (Å²) < 4.78 is 0. The van der Waals surface area contributed by atoms with Gasteiger partial charge >= 0.3 is 0 Å². The molecule has 1 aromatic heterocycles. The molecule has 1 aromatic rings. The standard InChI is InChI=1S/C20H32N6O/c1-17-4-8-26(9-5-17)20(27)15-23-10-12-25(13-11-23)19-14-18(21-16-22-19)24-6-2-3-7-24/h14,16-17H,2-13,15H2,1H3. The van der Waals surface area contributed by atoms with E-state index in [1.807, 2.05) is 0 Å². The van der Waals surface area contributed by atoms with Gasteiger partial charge in [-0.2, -0.15) is 0 Å². The van der Waals surface area contributed by atoms with E-state index in [1.165, 1.54) is 12.8 Å². The van der Waals surface area contributed by atoms with Crippen LogP contribution in [0.25, 0.3) is 0 Å². The summed E-state index contributed by atoms with van der Waals surface area (Å²) >= 11 is 0. The Morgan fingerprint density at radius 3 is 2.15 bits per heavy atom. The molecule has 3 aliphatic heterocycles. The van der Waals surface area contributed by atoms with Crippen LogP contribution in [0.2, 0.25) is 0 Å². The number of hydrogen-bond donors (Lipinski definition) is 0. The molecule has 3 fully saturated rings. The first-order chi connectivity index (χ1) is 13.2. The molecular formula is C20H32N6O. The predicted molar refractivity (Wildman–Crippen MR) is 107 cm³/mol. The summed E-state index contributed by atoms with van der Waals surface area (Å²) in [6.07, 6.45) is 6.49. The van der Waals surface area contributed by atoms with Gasteiger partial charge in [0.25, 0.3) is 0 Å². The third kappa shape index (κ3) is 4.51. The summed E-state index contributed by atoms with van der Waals surface area (Å²) in [5.74, 6) is 3.13. The lowest BCUT2D eigenvalue weighted by Crippen LogP contribution is -2.51. The first-order valence-corrected chi connectivity index (χ1v) is 10.5. The fraction of sp³-hybridized carbons (Fsp3) is 0.750. The second-order valence-electron chi connectivity index (χ2n) is 8.26. The summed E-state index contributed by atoms with van der Waals surface area (Å²) in [4.78, 5) is 30.5. The fourth-order valence-electron chi connectivity index (χ4n) is 4.31. The topological polar surface area (TPSA) is 55.8 Å². The lowest BCUT2D eigenvalue weighted by Gasteiger charge is -2.37. The molecule has 3 saturated heterocycles. The van der Waals surface area contributed by atoms with Gasteiger partial charge in [-0.1, -0.05) is 6.92 Å². The quantitative estimate of drug-likeness (QED) is 0.798. The SMILES string of the molecule is CC1CCN(C(=O)CN2CCN(c3cc(N4CCCC4)ncn3)CC2)CC1. The van der Waals surface area contributed by atoms with Crippen molar-refractivity contribution in [1.29, 1.82) is 0 Å². The van der Waals surface area contributed by atoms with Gasteiger partial charge in [0.1, 0.15) is 18.0 Å². The first kappa shape index (κ1) is 18.5. The van der Waals surface area contributed by atoms with Crippen LogP contribution in [0, 0.1) is 5.92 Å². The van der Waals surface area contributed by atoms with E-state index >= 15 is 0 Å². The Kier molecular flexibility index (Phi) is 5.76. The molecule has 0 unspecified atom stereocenters. The Balaban J connectivity index is 1.27. The zero-order chi connectivity index (χ0) is 18.6. The summed E-state index contributed by atoms with van der Waals surface area (Å²) in [6, 6.07) is 2.13. The number of piperazine rings is 1. The van der Waals surface area contributed by atoms with Crippen molar-refractivity contribution in [2.75, 3.05) is 68.7 Å². The highest BCUT2D eigenvalue weighted by Crippen LogP contribution is 2.22. The van der Waals surface area contributed by atoms with E-state index in [1.54, 1.807) is 6.33 Å². The molecule has 0 spiro atoms. The van der Waals surface area contributed by atoms with Crippen LogP contribution in [0.5, 0.6) is 0 Å². The number of hydrogen-bond acceptors (Lipinski definition) is 6. The Morgan fingerprint density at radius 2 is 1.52 bits per heavy atom. The molecule has 0 aromatic carbocycles. The molecule has 27 heavy (non-hydrogen) atoms. The van der Waals surface area contributed by atoms with Crippen LogP contribution in [0.15, 0.2) is 12.4 Å². The molecular weight excluding hydrogens is 340 g/mol. The highest BCUT2D eigenvalue weighted by molar-refractivity contribution is 5.78. The van der Waals surface area contributed by atoms with Gasteiger partial charge in [0.05, 0.1) is 6.54 Å². The van der Waals surface area contributed by atoms with Crippen molar-refractivity contribution < 1.29 is 4.79 Å². The normalized spacial score (nSPS) is 22.5. The van der Waals surface area contributed by atoms with Crippen molar-refractivity contribution in [1.82, 2.24) is 19.8 Å². The number of piperidine rings is 1. The van der Waals surface area contributed by atoms with Crippen LogP contribution >= 0.6 is 0 Å². The third-order valence-corrected chi connectivity index (χ3v) is 6.26. The highest BCUT2D eigenvalue weighted by Gasteiger charge is 2.25. The summed E-state index contributed by atoms with van der Waals surface area (Å²) in [5.41, 5.74) is 0. The number of aromatic nitrogens is 2. The van der Waals surface area contributed by atoms with Gasteiger partial charge in [0.15, 0.2) is 0 Å². The van der Waals surface area contributed by atoms with E-state index in [4.69, 9.17) is 0 Å². The molecule has 0 bridgehead atoms. The molecule has 0 aliphatic carbocycles. The number of carbonyl (C=O) groups excluding carboxylic acids is 1. The van der Waals surface area contributed by atoms with Crippen LogP contribution in [0.4, 0.5) is 11.6 Å². The molecule has 7 heteroatoms. The van der Waals surface area contributed by atoms with E-state index in [0.29, 0.717) is 12.5 Å². The fourth-order valence-corrected chi connectivity index (χ4v) is 4.31. The van der Waals surface area contributed by atoms with Crippen LogP contribution in [-0.4, -0.2) is 84.6 Å². The third-order valence-electron chi connectivity index (χ3n) is 6.26.